The number of nitrogen functional groups attached to an aromatic ring is 1. The second kappa shape index (κ2) is 7.27. The van der Waals surface area contributed by atoms with Gasteiger partial charge in [0.25, 0.3) is 0 Å². The molecule has 1 aliphatic heterocycles. The van der Waals surface area contributed by atoms with Crippen molar-refractivity contribution in [2.45, 2.75) is 59.1 Å². The Balaban J connectivity index is 1.66. The Morgan fingerprint density at radius 3 is 2.84 bits per heavy atom. The number of ether oxygens (including phenoxy) is 2. The van der Waals surface area contributed by atoms with Crippen LogP contribution in [0.1, 0.15) is 39.7 Å². The highest BCUT2D eigenvalue weighted by Crippen LogP contribution is 2.28. The third-order valence-corrected chi connectivity index (χ3v) is 4.90. The number of aromatic nitrogens is 3. The molecule has 0 spiro atoms. The van der Waals surface area contributed by atoms with E-state index in [4.69, 9.17) is 15.2 Å². The summed E-state index contributed by atoms with van der Waals surface area (Å²) in [7, 11) is 0. The van der Waals surface area contributed by atoms with Gasteiger partial charge < -0.3 is 25.1 Å². The molecule has 0 aromatic carbocycles. The maximum Gasteiger partial charge on any atom is 0.163 e. The Morgan fingerprint density at radius 2 is 2.20 bits per heavy atom. The first-order valence-corrected chi connectivity index (χ1v) is 9.05. The number of rotatable bonds is 7. The van der Waals surface area contributed by atoms with Gasteiger partial charge in [0.2, 0.25) is 0 Å². The van der Waals surface area contributed by atoms with E-state index in [1.165, 1.54) is 6.33 Å². The summed E-state index contributed by atoms with van der Waals surface area (Å²) in [6.45, 7) is 11.3. The van der Waals surface area contributed by atoms with E-state index >= 15 is 0 Å². The maximum atomic E-state index is 6.03. The summed E-state index contributed by atoms with van der Waals surface area (Å²) in [5.41, 5.74) is 9.02. The summed E-state index contributed by atoms with van der Waals surface area (Å²) < 4.78 is 13.8. The van der Waals surface area contributed by atoms with E-state index < -0.39 is 5.79 Å². The number of hydrogen-bond donors (Lipinski definition) is 2. The minimum Gasteiger partial charge on any atom is -0.382 e. The smallest absolute Gasteiger partial charge is 0.163 e. The van der Waals surface area contributed by atoms with Gasteiger partial charge in [-0.1, -0.05) is 6.92 Å². The molecule has 3 N–H and O–H groups in total. The summed E-state index contributed by atoms with van der Waals surface area (Å²) in [5.74, 6) is 0.477. The third-order valence-electron chi connectivity index (χ3n) is 4.90. The number of hydrogen-bond acceptors (Lipinski definition) is 6. The van der Waals surface area contributed by atoms with Gasteiger partial charge >= 0.3 is 0 Å². The highest BCUT2D eigenvalue weighted by atomic mass is 16.7. The molecule has 1 aliphatic rings. The molecular weight excluding hydrogens is 318 g/mol. The SMILES string of the molecule is CCC(CNCc1cn(CC)c2c(N)ncnc12)[C@@H]1COC(C)(C)O1. The van der Waals surface area contributed by atoms with Crippen molar-refractivity contribution < 1.29 is 9.47 Å². The standard InChI is InChI=1S/C18H29N5O2/c1-5-12(14-10-24-18(3,4)25-14)7-20-8-13-9-23(6-2)16-15(13)21-11-22-17(16)19/h9,11-12,14,20H,5-8,10H2,1-4H3,(H2,19,21,22)/t12?,14-/m0/s1. The zero-order valence-corrected chi connectivity index (χ0v) is 15.6. The average molecular weight is 347 g/mol. The first-order chi connectivity index (χ1) is 11.9. The van der Waals surface area contributed by atoms with E-state index in [9.17, 15) is 0 Å². The van der Waals surface area contributed by atoms with Gasteiger partial charge in [-0.3, -0.25) is 0 Å². The number of aryl methyl sites for hydroxylation is 1. The van der Waals surface area contributed by atoms with E-state index in [0.717, 1.165) is 42.7 Å². The molecule has 0 aliphatic carbocycles. The zero-order valence-electron chi connectivity index (χ0n) is 15.6. The lowest BCUT2D eigenvalue weighted by Crippen LogP contribution is -2.33. The van der Waals surface area contributed by atoms with Crippen LogP contribution in [0.3, 0.4) is 0 Å². The van der Waals surface area contributed by atoms with Crippen LogP contribution in [-0.4, -0.2) is 39.6 Å². The third kappa shape index (κ3) is 3.78. The van der Waals surface area contributed by atoms with Crippen LogP contribution in [0.2, 0.25) is 0 Å². The zero-order chi connectivity index (χ0) is 18.0. The molecule has 0 saturated carbocycles. The summed E-state index contributed by atoms with van der Waals surface area (Å²) in [4.78, 5) is 8.54. The monoisotopic (exact) mass is 347 g/mol. The quantitative estimate of drug-likeness (QED) is 0.799. The summed E-state index contributed by atoms with van der Waals surface area (Å²) >= 11 is 0. The van der Waals surface area contributed by atoms with Crippen LogP contribution in [0, 0.1) is 5.92 Å². The van der Waals surface area contributed by atoms with Gasteiger partial charge in [0.05, 0.1) is 18.2 Å². The van der Waals surface area contributed by atoms with Gasteiger partial charge in [-0.25, -0.2) is 9.97 Å². The fourth-order valence-corrected chi connectivity index (χ4v) is 3.48. The molecule has 7 nitrogen and oxygen atoms in total. The fraction of sp³-hybridized carbons (Fsp3) is 0.667. The molecule has 138 valence electrons. The molecule has 0 radical (unpaired) electrons. The molecule has 3 rings (SSSR count). The van der Waals surface area contributed by atoms with Crippen molar-refractivity contribution in [3.05, 3.63) is 18.1 Å². The van der Waals surface area contributed by atoms with Gasteiger partial charge in [-0.15, -0.1) is 0 Å². The Bertz CT molecular complexity index is 728. The Hall–Kier alpha value is -1.70. The van der Waals surface area contributed by atoms with E-state index in [0.29, 0.717) is 18.3 Å². The molecule has 2 aromatic rings. The van der Waals surface area contributed by atoms with Gasteiger partial charge in [-0.2, -0.15) is 0 Å². The number of nitrogens with zero attached hydrogens (tertiary/aromatic N) is 3. The molecular formula is C18H29N5O2. The summed E-state index contributed by atoms with van der Waals surface area (Å²) in [5, 5.41) is 3.56. The minimum atomic E-state index is -0.471. The van der Waals surface area contributed by atoms with Crippen molar-refractivity contribution in [1.82, 2.24) is 19.9 Å². The maximum absolute atomic E-state index is 6.03. The average Bonchev–Trinajstić information content (AvgIpc) is 3.12. The van der Waals surface area contributed by atoms with Crippen LogP contribution in [0.15, 0.2) is 12.5 Å². The number of nitrogens with one attached hydrogen (secondary N) is 1. The second-order valence-electron chi connectivity index (χ2n) is 7.06. The molecule has 3 heterocycles. The Kier molecular flexibility index (Phi) is 5.27. The first-order valence-electron chi connectivity index (χ1n) is 9.05. The summed E-state index contributed by atoms with van der Waals surface area (Å²) in [6, 6.07) is 0. The molecule has 7 heteroatoms. The normalized spacial score (nSPS) is 21.0. The lowest BCUT2D eigenvalue weighted by Gasteiger charge is -2.23. The number of anilines is 1. The van der Waals surface area contributed by atoms with E-state index in [2.05, 4.69) is 39.9 Å². The minimum absolute atomic E-state index is 0.141. The van der Waals surface area contributed by atoms with Gasteiger partial charge in [0, 0.05) is 31.4 Å². The lowest BCUT2D eigenvalue weighted by atomic mass is 10.00. The Morgan fingerprint density at radius 1 is 1.40 bits per heavy atom. The molecule has 1 fully saturated rings. The predicted octanol–water partition coefficient (Wildman–Crippen LogP) is 2.30. The van der Waals surface area contributed by atoms with Crippen molar-refractivity contribution in [3.63, 3.8) is 0 Å². The fourth-order valence-electron chi connectivity index (χ4n) is 3.48. The van der Waals surface area contributed by atoms with Crippen LogP contribution in [0.4, 0.5) is 5.82 Å². The van der Waals surface area contributed by atoms with Gasteiger partial charge in [0.15, 0.2) is 11.6 Å². The van der Waals surface area contributed by atoms with Crippen LogP contribution < -0.4 is 11.1 Å². The Labute approximate surface area is 148 Å². The van der Waals surface area contributed by atoms with E-state index in [1.54, 1.807) is 0 Å². The molecule has 25 heavy (non-hydrogen) atoms. The molecule has 0 amide bonds. The molecule has 1 unspecified atom stereocenters. The first kappa shape index (κ1) is 18.1. The molecule has 1 saturated heterocycles. The van der Waals surface area contributed by atoms with Crippen LogP contribution >= 0.6 is 0 Å². The van der Waals surface area contributed by atoms with Crippen LogP contribution in [0.5, 0.6) is 0 Å². The topological polar surface area (TPSA) is 87.2 Å². The molecule has 2 atom stereocenters. The molecule has 0 bridgehead atoms. The van der Waals surface area contributed by atoms with Crippen LogP contribution in [0.25, 0.3) is 11.0 Å². The van der Waals surface area contributed by atoms with Crippen molar-refractivity contribution in [3.8, 4) is 0 Å². The largest absolute Gasteiger partial charge is 0.382 e. The van der Waals surface area contributed by atoms with Gasteiger partial charge in [-0.05, 0) is 33.1 Å². The number of fused-ring (bicyclic) bond motifs is 1. The predicted molar refractivity (Wildman–Crippen MR) is 98.0 cm³/mol. The van der Waals surface area contributed by atoms with Crippen molar-refractivity contribution in [2.24, 2.45) is 5.92 Å². The highest BCUT2D eigenvalue weighted by Gasteiger charge is 2.36. The van der Waals surface area contributed by atoms with E-state index in [1.807, 2.05) is 13.8 Å². The number of nitrogens with two attached hydrogens (primary N) is 1. The summed E-state index contributed by atoms with van der Waals surface area (Å²) in [6.07, 6.45) is 4.83. The van der Waals surface area contributed by atoms with Gasteiger partial charge in [0.1, 0.15) is 11.8 Å². The van der Waals surface area contributed by atoms with Crippen molar-refractivity contribution in [2.75, 3.05) is 18.9 Å². The lowest BCUT2D eigenvalue weighted by molar-refractivity contribution is -0.144. The molecule has 2 aromatic heterocycles. The highest BCUT2D eigenvalue weighted by molar-refractivity contribution is 5.87. The van der Waals surface area contributed by atoms with Crippen LogP contribution in [-0.2, 0) is 22.6 Å². The van der Waals surface area contributed by atoms with E-state index in [-0.39, 0.29) is 6.10 Å². The van der Waals surface area contributed by atoms with Crippen molar-refractivity contribution in [1.29, 1.82) is 0 Å². The van der Waals surface area contributed by atoms with Crippen molar-refractivity contribution >= 4 is 16.9 Å². The second-order valence-corrected chi connectivity index (χ2v) is 7.06.